The van der Waals surface area contributed by atoms with Gasteiger partial charge in [0.15, 0.2) is 0 Å². The van der Waals surface area contributed by atoms with Gasteiger partial charge in [-0.1, -0.05) is 44.2 Å². The summed E-state index contributed by atoms with van der Waals surface area (Å²) >= 11 is 0. The van der Waals surface area contributed by atoms with Crippen molar-refractivity contribution in [1.29, 1.82) is 5.26 Å². The van der Waals surface area contributed by atoms with Gasteiger partial charge in [0.1, 0.15) is 5.54 Å². The van der Waals surface area contributed by atoms with E-state index in [0.29, 0.717) is 0 Å². The molecule has 0 aliphatic heterocycles. The molecule has 19 heavy (non-hydrogen) atoms. The van der Waals surface area contributed by atoms with Crippen molar-refractivity contribution < 1.29 is 8.42 Å². The molecule has 1 rings (SSSR count). The summed E-state index contributed by atoms with van der Waals surface area (Å²) in [6.07, 6.45) is 1.50. The Balaban J connectivity index is 2.90. The Bertz CT molecular complexity index is 586. The van der Waals surface area contributed by atoms with Crippen LogP contribution in [0.2, 0.25) is 0 Å². The first-order chi connectivity index (χ1) is 8.79. The maximum atomic E-state index is 11.9. The van der Waals surface area contributed by atoms with Crippen LogP contribution < -0.4 is 4.72 Å². The highest BCUT2D eigenvalue weighted by atomic mass is 32.2. The minimum absolute atomic E-state index is 0.127. The highest BCUT2D eigenvalue weighted by Gasteiger charge is 2.31. The summed E-state index contributed by atoms with van der Waals surface area (Å²) in [6, 6.07) is 11.1. The predicted octanol–water partition coefficient (Wildman–Crippen LogP) is 2.51. The van der Waals surface area contributed by atoms with Crippen LogP contribution in [0.3, 0.4) is 0 Å². The number of sulfonamides is 1. The molecule has 0 amide bonds. The van der Waals surface area contributed by atoms with Crippen molar-refractivity contribution in [2.24, 2.45) is 5.92 Å². The van der Waals surface area contributed by atoms with Gasteiger partial charge >= 0.3 is 0 Å². The lowest BCUT2D eigenvalue weighted by Gasteiger charge is -2.25. The van der Waals surface area contributed by atoms with Crippen LogP contribution in [0.15, 0.2) is 35.7 Å². The standard InChI is InChI=1S/C14H18N2O2S/c1-12(2)14(3,11-15)16-19(17,18)10-9-13-7-5-4-6-8-13/h4-10,12,16H,1-3H3/b10-9+/t14-/m1/s1. The van der Waals surface area contributed by atoms with Crippen molar-refractivity contribution in [2.45, 2.75) is 26.3 Å². The molecule has 0 saturated heterocycles. The van der Waals surface area contributed by atoms with Gasteiger partial charge in [-0.3, -0.25) is 0 Å². The Morgan fingerprint density at radius 1 is 1.32 bits per heavy atom. The highest BCUT2D eigenvalue weighted by molar-refractivity contribution is 7.92. The molecule has 0 radical (unpaired) electrons. The molecule has 1 N–H and O–H groups in total. The van der Waals surface area contributed by atoms with Crippen molar-refractivity contribution in [3.8, 4) is 6.07 Å². The first-order valence-electron chi connectivity index (χ1n) is 5.97. The second-order valence-electron chi connectivity index (χ2n) is 4.83. The predicted molar refractivity (Wildman–Crippen MR) is 76.4 cm³/mol. The van der Waals surface area contributed by atoms with Gasteiger partial charge in [0.25, 0.3) is 0 Å². The minimum atomic E-state index is -3.65. The SMILES string of the molecule is CC(C)[C@@](C)(C#N)NS(=O)(=O)/C=C/c1ccccc1. The van der Waals surface area contributed by atoms with E-state index >= 15 is 0 Å². The second kappa shape index (κ2) is 6.00. The minimum Gasteiger partial charge on any atom is -0.208 e. The summed E-state index contributed by atoms with van der Waals surface area (Å²) in [5, 5.41) is 10.2. The third-order valence-electron chi connectivity index (χ3n) is 2.98. The van der Waals surface area contributed by atoms with Gasteiger partial charge in [-0.2, -0.15) is 9.98 Å². The van der Waals surface area contributed by atoms with Gasteiger partial charge in [0, 0.05) is 5.41 Å². The second-order valence-corrected chi connectivity index (χ2v) is 6.40. The lowest BCUT2D eigenvalue weighted by molar-refractivity contribution is 0.390. The van der Waals surface area contributed by atoms with Crippen LogP contribution >= 0.6 is 0 Å². The zero-order valence-corrected chi connectivity index (χ0v) is 12.1. The first kappa shape index (κ1) is 15.4. The molecule has 0 aliphatic carbocycles. The monoisotopic (exact) mass is 278 g/mol. The van der Waals surface area contributed by atoms with Crippen LogP contribution in [0.5, 0.6) is 0 Å². The fourth-order valence-corrected chi connectivity index (χ4v) is 2.61. The van der Waals surface area contributed by atoms with Gasteiger partial charge in [-0.05, 0) is 24.5 Å². The quantitative estimate of drug-likeness (QED) is 0.899. The Hall–Kier alpha value is -1.64. The molecule has 0 unspecified atom stereocenters. The topological polar surface area (TPSA) is 70.0 Å². The molecule has 1 aromatic rings. The Morgan fingerprint density at radius 3 is 2.37 bits per heavy atom. The van der Waals surface area contributed by atoms with Gasteiger partial charge in [0.05, 0.1) is 6.07 Å². The van der Waals surface area contributed by atoms with Crippen LogP contribution in [-0.4, -0.2) is 14.0 Å². The van der Waals surface area contributed by atoms with Gasteiger partial charge in [-0.25, -0.2) is 8.42 Å². The van der Waals surface area contributed by atoms with E-state index in [1.165, 1.54) is 6.08 Å². The molecule has 0 fully saturated rings. The van der Waals surface area contributed by atoms with Crippen LogP contribution in [0.1, 0.15) is 26.3 Å². The van der Waals surface area contributed by atoms with E-state index in [1.807, 2.05) is 24.3 Å². The van der Waals surface area contributed by atoms with Crippen LogP contribution in [0, 0.1) is 17.2 Å². The molecule has 4 nitrogen and oxygen atoms in total. The van der Waals surface area contributed by atoms with E-state index in [2.05, 4.69) is 4.72 Å². The highest BCUT2D eigenvalue weighted by Crippen LogP contribution is 2.17. The van der Waals surface area contributed by atoms with Gasteiger partial charge < -0.3 is 0 Å². The summed E-state index contributed by atoms with van der Waals surface area (Å²) in [5.41, 5.74) is -0.323. The molecule has 102 valence electrons. The largest absolute Gasteiger partial charge is 0.235 e. The van der Waals surface area contributed by atoms with Gasteiger partial charge in [-0.15, -0.1) is 0 Å². The summed E-state index contributed by atoms with van der Waals surface area (Å²) in [4.78, 5) is 0. The number of nitrogens with zero attached hydrogens (tertiary/aromatic N) is 1. The average Bonchev–Trinajstić information content (AvgIpc) is 2.37. The van der Waals surface area contributed by atoms with Crippen molar-refractivity contribution in [3.05, 3.63) is 41.3 Å². The molecule has 0 bridgehead atoms. The number of benzene rings is 1. The normalized spacial score (nSPS) is 15.3. The van der Waals surface area contributed by atoms with E-state index in [1.54, 1.807) is 32.9 Å². The number of hydrogen-bond acceptors (Lipinski definition) is 3. The van der Waals surface area contributed by atoms with Crippen molar-refractivity contribution in [2.75, 3.05) is 0 Å². The Kier molecular flexibility index (Phi) is 4.87. The molecule has 0 aromatic heterocycles. The number of hydrogen-bond donors (Lipinski definition) is 1. The Morgan fingerprint density at radius 2 is 1.89 bits per heavy atom. The zero-order chi connectivity index (χ0) is 14.5. The Labute approximate surface area is 114 Å². The zero-order valence-electron chi connectivity index (χ0n) is 11.3. The van der Waals surface area contributed by atoms with Crippen LogP contribution in [-0.2, 0) is 10.0 Å². The summed E-state index contributed by atoms with van der Waals surface area (Å²) in [7, 11) is -3.65. The summed E-state index contributed by atoms with van der Waals surface area (Å²) in [5.74, 6) is -0.127. The third kappa shape index (κ3) is 4.51. The van der Waals surface area contributed by atoms with Crippen LogP contribution in [0.25, 0.3) is 6.08 Å². The smallest absolute Gasteiger partial charge is 0.208 e. The lowest BCUT2D eigenvalue weighted by Crippen LogP contribution is -2.47. The third-order valence-corrected chi connectivity index (χ3v) is 4.18. The summed E-state index contributed by atoms with van der Waals surface area (Å²) < 4.78 is 26.3. The van der Waals surface area contributed by atoms with Gasteiger partial charge in [0.2, 0.25) is 10.0 Å². The van der Waals surface area contributed by atoms with E-state index < -0.39 is 15.6 Å². The fraction of sp³-hybridized carbons (Fsp3) is 0.357. The van der Waals surface area contributed by atoms with E-state index in [0.717, 1.165) is 11.0 Å². The molecule has 0 heterocycles. The maximum Gasteiger partial charge on any atom is 0.235 e. The molecule has 0 aliphatic rings. The number of nitrogens with one attached hydrogen (secondary N) is 1. The first-order valence-corrected chi connectivity index (χ1v) is 7.52. The van der Waals surface area contributed by atoms with E-state index in [4.69, 9.17) is 5.26 Å². The number of rotatable bonds is 5. The average molecular weight is 278 g/mol. The summed E-state index contributed by atoms with van der Waals surface area (Å²) in [6.45, 7) is 5.17. The lowest BCUT2D eigenvalue weighted by atomic mass is 9.92. The molecule has 5 heteroatoms. The van der Waals surface area contributed by atoms with Crippen molar-refractivity contribution in [1.82, 2.24) is 4.72 Å². The molecular formula is C14H18N2O2S. The molecular weight excluding hydrogens is 260 g/mol. The van der Waals surface area contributed by atoms with E-state index in [-0.39, 0.29) is 5.92 Å². The van der Waals surface area contributed by atoms with Crippen LogP contribution in [0.4, 0.5) is 0 Å². The molecule has 1 aromatic carbocycles. The van der Waals surface area contributed by atoms with E-state index in [9.17, 15) is 8.42 Å². The molecule has 0 spiro atoms. The fourth-order valence-electron chi connectivity index (χ4n) is 1.33. The molecule has 0 saturated carbocycles. The molecule has 1 atom stereocenters. The number of nitriles is 1. The van der Waals surface area contributed by atoms with Crippen molar-refractivity contribution >= 4 is 16.1 Å². The van der Waals surface area contributed by atoms with Crippen molar-refractivity contribution in [3.63, 3.8) is 0 Å². The maximum absolute atomic E-state index is 11.9.